The number of hydrogen-bond donors (Lipinski definition) is 1. The lowest BCUT2D eigenvalue weighted by Gasteiger charge is -2.08. The van der Waals surface area contributed by atoms with Crippen molar-refractivity contribution < 1.29 is 37.7 Å². The highest BCUT2D eigenvalue weighted by Crippen LogP contribution is 2.17. The van der Waals surface area contributed by atoms with E-state index in [9.17, 15) is 14.4 Å². The van der Waals surface area contributed by atoms with Crippen molar-refractivity contribution in [2.24, 2.45) is 0 Å². The predicted octanol–water partition coefficient (Wildman–Crippen LogP) is 2.50. The van der Waals surface area contributed by atoms with Gasteiger partial charge in [0, 0.05) is 19.0 Å². The van der Waals surface area contributed by atoms with Crippen molar-refractivity contribution in [3.05, 3.63) is 81.7 Å². The number of esters is 1. The molecule has 1 amide bonds. The van der Waals surface area contributed by atoms with E-state index in [4.69, 9.17) is 28.1 Å². The van der Waals surface area contributed by atoms with Gasteiger partial charge in [-0.2, -0.15) is 0 Å². The van der Waals surface area contributed by atoms with Gasteiger partial charge in [0.2, 0.25) is 0 Å². The molecule has 0 spiro atoms. The summed E-state index contributed by atoms with van der Waals surface area (Å²) in [5.41, 5.74) is 0.945. The Labute approximate surface area is 220 Å². The second-order valence-corrected chi connectivity index (χ2v) is 8.23. The van der Waals surface area contributed by atoms with Crippen LogP contribution in [0.5, 0.6) is 0 Å². The van der Waals surface area contributed by atoms with E-state index in [-0.39, 0.29) is 37.3 Å². The first kappa shape index (κ1) is 29.0. The summed E-state index contributed by atoms with van der Waals surface area (Å²) in [5, 5.41) is 3.21. The fourth-order valence-electron chi connectivity index (χ4n) is 3.40. The molecule has 0 atom stereocenters. The highest BCUT2D eigenvalue weighted by molar-refractivity contribution is 5.96. The monoisotopic (exact) mass is 527 g/mol. The Kier molecular flexibility index (Phi) is 12.4. The minimum Gasteiger partial charge on any atom is -0.461 e. The van der Waals surface area contributed by atoms with E-state index < -0.39 is 17.5 Å². The molecule has 0 fully saturated rings. The van der Waals surface area contributed by atoms with Gasteiger partial charge in [0.05, 0.1) is 52.7 Å². The Balaban J connectivity index is 1.39. The van der Waals surface area contributed by atoms with Crippen molar-refractivity contribution >= 4 is 22.8 Å². The fourth-order valence-corrected chi connectivity index (χ4v) is 3.40. The lowest BCUT2D eigenvalue weighted by atomic mass is 10.1. The number of methoxy groups -OCH3 is 1. The molecule has 0 saturated carbocycles. The zero-order valence-corrected chi connectivity index (χ0v) is 21.4. The maximum atomic E-state index is 12.5. The predicted molar refractivity (Wildman–Crippen MR) is 139 cm³/mol. The summed E-state index contributed by atoms with van der Waals surface area (Å²) in [7, 11) is 1.61. The van der Waals surface area contributed by atoms with Gasteiger partial charge in [-0.1, -0.05) is 42.5 Å². The summed E-state index contributed by atoms with van der Waals surface area (Å²) in [6, 6.07) is 15.9. The van der Waals surface area contributed by atoms with E-state index in [0.29, 0.717) is 50.6 Å². The van der Waals surface area contributed by atoms with Crippen LogP contribution in [0.15, 0.2) is 63.8 Å². The van der Waals surface area contributed by atoms with Crippen LogP contribution in [-0.2, 0) is 41.5 Å². The third kappa shape index (κ3) is 10.1. The second-order valence-electron chi connectivity index (χ2n) is 8.23. The summed E-state index contributed by atoms with van der Waals surface area (Å²) in [6.45, 7) is 3.46. The minimum absolute atomic E-state index is 0.0297. The Hall–Kier alpha value is -3.57. The summed E-state index contributed by atoms with van der Waals surface area (Å²) < 4.78 is 31.6. The molecule has 0 bridgehead atoms. The van der Waals surface area contributed by atoms with Crippen LogP contribution in [0.1, 0.15) is 21.5 Å². The number of amides is 1. The van der Waals surface area contributed by atoms with Crippen LogP contribution < -0.4 is 10.9 Å². The van der Waals surface area contributed by atoms with Crippen LogP contribution in [0, 0.1) is 0 Å². The Bertz CT molecular complexity index is 1210. The Morgan fingerprint density at radius 2 is 1.50 bits per heavy atom. The number of benzene rings is 2. The van der Waals surface area contributed by atoms with Crippen LogP contribution >= 0.6 is 0 Å². The van der Waals surface area contributed by atoms with E-state index in [1.807, 2.05) is 30.3 Å². The lowest BCUT2D eigenvalue weighted by molar-refractivity contribution is -0.144. The van der Waals surface area contributed by atoms with E-state index >= 15 is 0 Å². The molecule has 3 aromatic rings. The van der Waals surface area contributed by atoms with Gasteiger partial charge in [-0.25, -0.2) is 4.79 Å². The smallest absolute Gasteiger partial charge is 0.349 e. The summed E-state index contributed by atoms with van der Waals surface area (Å²) >= 11 is 0. The number of carbonyl (C=O) groups excluding carboxylic acids is 2. The highest BCUT2D eigenvalue weighted by atomic mass is 16.6. The van der Waals surface area contributed by atoms with Gasteiger partial charge in [-0.15, -0.1) is 0 Å². The molecule has 3 rings (SSSR count). The molecule has 10 heteroatoms. The zero-order chi connectivity index (χ0) is 27.0. The van der Waals surface area contributed by atoms with Crippen LogP contribution in [0.4, 0.5) is 0 Å². The van der Waals surface area contributed by atoms with Gasteiger partial charge in [0.1, 0.15) is 17.8 Å². The maximum absolute atomic E-state index is 12.5. The highest BCUT2D eigenvalue weighted by Gasteiger charge is 2.14. The molecular formula is C28H33NO9. The van der Waals surface area contributed by atoms with Crippen molar-refractivity contribution in [2.45, 2.75) is 13.0 Å². The number of nitrogens with one attached hydrogen (secondary N) is 1. The first-order valence-electron chi connectivity index (χ1n) is 12.3. The largest absolute Gasteiger partial charge is 0.461 e. The molecule has 0 unspecified atom stereocenters. The van der Waals surface area contributed by atoms with Gasteiger partial charge in [-0.3, -0.25) is 9.59 Å². The molecule has 1 heterocycles. The van der Waals surface area contributed by atoms with Crippen LogP contribution in [0.3, 0.4) is 0 Å². The summed E-state index contributed by atoms with van der Waals surface area (Å²) in [5.74, 6) is -0.949. The minimum atomic E-state index is -0.763. The Morgan fingerprint density at radius 1 is 0.816 bits per heavy atom. The summed E-state index contributed by atoms with van der Waals surface area (Å²) in [6.07, 6.45) is 0.0297. The van der Waals surface area contributed by atoms with Crippen molar-refractivity contribution in [1.29, 1.82) is 0 Å². The molecule has 0 saturated heterocycles. The van der Waals surface area contributed by atoms with Gasteiger partial charge < -0.3 is 33.4 Å². The summed E-state index contributed by atoms with van der Waals surface area (Å²) in [4.78, 5) is 37.1. The quantitative estimate of drug-likeness (QED) is 0.160. The average Bonchev–Trinajstić information content (AvgIpc) is 2.92. The number of hydrogen-bond acceptors (Lipinski definition) is 9. The van der Waals surface area contributed by atoms with Gasteiger partial charge in [-0.05, 0) is 23.3 Å². The van der Waals surface area contributed by atoms with Crippen molar-refractivity contribution in [1.82, 2.24) is 5.32 Å². The molecule has 0 radical (unpaired) electrons. The molecule has 10 nitrogen and oxygen atoms in total. The standard InChI is InChI=1S/C28H33NO9/c1-33-11-12-35-15-16-36-14-13-34-10-9-29-27(31)24-19-23-8-7-22(17-25(23)38-28(24)32)18-26(30)37-20-21-5-3-2-4-6-21/h2-8,17,19H,9-16,18,20H2,1H3,(H,29,31). The van der Waals surface area contributed by atoms with Crippen molar-refractivity contribution in [3.63, 3.8) is 0 Å². The normalized spacial score (nSPS) is 11.0. The van der Waals surface area contributed by atoms with Gasteiger partial charge in [0.15, 0.2) is 0 Å². The molecule has 1 aromatic heterocycles. The Morgan fingerprint density at radius 3 is 2.21 bits per heavy atom. The molecule has 2 aromatic carbocycles. The maximum Gasteiger partial charge on any atom is 0.349 e. The van der Waals surface area contributed by atoms with E-state index in [1.165, 1.54) is 6.07 Å². The van der Waals surface area contributed by atoms with Gasteiger partial charge in [0.25, 0.3) is 5.91 Å². The van der Waals surface area contributed by atoms with Crippen LogP contribution in [0.25, 0.3) is 11.0 Å². The van der Waals surface area contributed by atoms with Crippen molar-refractivity contribution in [3.8, 4) is 0 Å². The van der Waals surface area contributed by atoms with Crippen LogP contribution in [0.2, 0.25) is 0 Å². The van der Waals surface area contributed by atoms with E-state index in [1.54, 1.807) is 25.3 Å². The lowest BCUT2D eigenvalue weighted by Crippen LogP contribution is -2.31. The van der Waals surface area contributed by atoms with Gasteiger partial charge >= 0.3 is 11.6 Å². The molecular weight excluding hydrogens is 494 g/mol. The molecule has 0 aliphatic heterocycles. The number of ether oxygens (including phenoxy) is 5. The van der Waals surface area contributed by atoms with Crippen LogP contribution in [-0.4, -0.2) is 71.8 Å². The number of rotatable bonds is 17. The fraction of sp³-hybridized carbons (Fsp3) is 0.393. The second kappa shape index (κ2) is 16.3. The molecule has 38 heavy (non-hydrogen) atoms. The third-order valence-corrected chi connectivity index (χ3v) is 5.34. The van der Waals surface area contributed by atoms with Crippen molar-refractivity contribution in [2.75, 3.05) is 59.9 Å². The van der Waals surface area contributed by atoms with E-state index in [2.05, 4.69) is 5.32 Å². The SMILES string of the molecule is COCCOCCOCCOCCNC(=O)c1cc2ccc(CC(=O)OCc3ccccc3)cc2oc1=O. The number of fused-ring (bicyclic) bond motifs is 1. The molecule has 0 aliphatic carbocycles. The zero-order valence-electron chi connectivity index (χ0n) is 21.4. The topological polar surface area (TPSA) is 123 Å². The third-order valence-electron chi connectivity index (χ3n) is 5.34. The first-order chi connectivity index (χ1) is 18.6. The average molecular weight is 528 g/mol. The first-order valence-corrected chi connectivity index (χ1v) is 12.3. The number of carbonyl (C=O) groups is 2. The molecule has 0 aliphatic rings. The molecule has 204 valence electrons. The molecule has 1 N–H and O–H groups in total. The van der Waals surface area contributed by atoms with E-state index in [0.717, 1.165) is 5.56 Å².